The molecule has 0 bridgehead atoms. The molecule has 1 aromatic heterocycles. The van der Waals surface area contributed by atoms with Gasteiger partial charge in [0.1, 0.15) is 11.9 Å². The van der Waals surface area contributed by atoms with Gasteiger partial charge in [-0.3, -0.25) is 4.79 Å². The lowest BCUT2D eigenvalue weighted by Crippen LogP contribution is -2.42. The molecule has 100 valence electrons. The minimum Gasteiger partial charge on any atom is -0.467 e. The summed E-state index contributed by atoms with van der Waals surface area (Å²) in [4.78, 5) is 26.6. The molecule has 6 nitrogen and oxygen atoms in total. The molecule has 0 unspecified atom stereocenters. The van der Waals surface area contributed by atoms with Crippen molar-refractivity contribution in [3.63, 3.8) is 0 Å². The largest absolute Gasteiger partial charge is 0.467 e. The minimum absolute atomic E-state index is 0.247. The van der Waals surface area contributed by atoms with Crippen LogP contribution >= 0.6 is 11.8 Å². The monoisotopic (exact) mass is 271 g/mol. The SMILES string of the molecule is COC(=O)[C@H](CSCc1nccn1C)NC(C)=O. The van der Waals surface area contributed by atoms with Crippen LogP contribution in [-0.4, -0.2) is 40.3 Å². The molecule has 18 heavy (non-hydrogen) atoms. The minimum atomic E-state index is -0.613. The van der Waals surface area contributed by atoms with Crippen LogP contribution in [0.3, 0.4) is 0 Å². The second-order valence-electron chi connectivity index (χ2n) is 3.75. The number of ether oxygens (including phenoxy) is 1. The van der Waals surface area contributed by atoms with Gasteiger partial charge in [-0.05, 0) is 0 Å². The summed E-state index contributed by atoms with van der Waals surface area (Å²) in [5.41, 5.74) is 0. The van der Waals surface area contributed by atoms with Gasteiger partial charge in [-0.1, -0.05) is 0 Å². The predicted octanol–water partition coefficient (Wildman–Crippen LogP) is 0.331. The number of aromatic nitrogens is 2. The summed E-state index contributed by atoms with van der Waals surface area (Å²) >= 11 is 1.52. The van der Waals surface area contributed by atoms with Gasteiger partial charge >= 0.3 is 5.97 Å². The third-order valence-electron chi connectivity index (χ3n) is 2.30. The van der Waals surface area contributed by atoms with Crippen LogP contribution in [0.25, 0.3) is 0 Å². The number of carbonyl (C=O) groups is 2. The maximum Gasteiger partial charge on any atom is 0.329 e. The smallest absolute Gasteiger partial charge is 0.329 e. The molecule has 1 amide bonds. The molecule has 0 saturated carbocycles. The zero-order valence-electron chi connectivity index (χ0n) is 10.7. The summed E-state index contributed by atoms with van der Waals surface area (Å²) in [6.07, 6.45) is 3.59. The first-order chi connectivity index (χ1) is 8.54. The first-order valence-electron chi connectivity index (χ1n) is 5.43. The number of thioether (sulfide) groups is 1. The fourth-order valence-electron chi connectivity index (χ4n) is 1.36. The van der Waals surface area contributed by atoms with Crippen LogP contribution in [0.2, 0.25) is 0 Å². The molecule has 0 radical (unpaired) electrons. The second kappa shape index (κ2) is 7.05. The highest BCUT2D eigenvalue weighted by molar-refractivity contribution is 7.98. The van der Waals surface area contributed by atoms with E-state index in [0.29, 0.717) is 11.5 Å². The van der Waals surface area contributed by atoms with E-state index in [4.69, 9.17) is 0 Å². The summed E-state index contributed by atoms with van der Waals surface area (Å²) in [6.45, 7) is 1.37. The number of methoxy groups -OCH3 is 1. The first-order valence-corrected chi connectivity index (χ1v) is 6.59. The number of nitrogens with one attached hydrogen (secondary N) is 1. The van der Waals surface area contributed by atoms with Crippen molar-refractivity contribution in [1.82, 2.24) is 14.9 Å². The van der Waals surface area contributed by atoms with Crippen LogP contribution in [0, 0.1) is 0 Å². The molecule has 0 spiro atoms. The van der Waals surface area contributed by atoms with E-state index in [0.717, 1.165) is 5.82 Å². The van der Waals surface area contributed by atoms with Crippen molar-refractivity contribution < 1.29 is 14.3 Å². The lowest BCUT2D eigenvalue weighted by Gasteiger charge is -2.14. The topological polar surface area (TPSA) is 73.2 Å². The molecule has 1 heterocycles. The van der Waals surface area contributed by atoms with Crippen LogP contribution in [0.5, 0.6) is 0 Å². The Morgan fingerprint density at radius 1 is 1.61 bits per heavy atom. The quantitative estimate of drug-likeness (QED) is 0.755. The predicted molar refractivity (Wildman–Crippen MR) is 69.0 cm³/mol. The molecule has 1 rings (SSSR count). The van der Waals surface area contributed by atoms with Gasteiger partial charge < -0.3 is 14.6 Å². The Morgan fingerprint density at radius 2 is 2.33 bits per heavy atom. The van der Waals surface area contributed by atoms with Crippen molar-refractivity contribution in [3.05, 3.63) is 18.2 Å². The maximum absolute atomic E-state index is 11.4. The molecule has 0 aliphatic rings. The first kappa shape index (κ1) is 14.6. The molecule has 1 aromatic rings. The molecule has 0 aliphatic carbocycles. The van der Waals surface area contributed by atoms with Crippen molar-refractivity contribution in [2.24, 2.45) is 7.05 Å². The molecule has 0 saturated heterocycles. The summed E-state index contributed by atoms with van der Waals surface area (Å²) in [5, 5.41) is 2.56. The van der Waals surface area contributed by atoms with Crippen molar-refractivity contribution in [2.75, 3.05) is 12.9 Å². The average Bonchev–Trinajstić information content (AvgIpc) is 2.72. The number of esters is 1. The van der Waals surface area contributed by atoms with Gasteiger partial charge in [0.25, 0.3) is 0 Å². The zero-order chi connectivity index (χ0) is 13.5. The molecular weight excluding hydrogens is 254 g/mol. The van der Waals surface area contributed by atoms with Crippen LogP contribution in [0.15, 0.2) is 12.4 Å². The summed E-state index contributed by atoms with van der Waals surface area (Å²) in [6, 6.07) is -0.613. The van der Waals surface area contributed by atoms with E-state index in [9.17, 15) is 9.59 Å². The Hall–Kier alpha value is -1.50. The van der Waals surface area contributed by atoms with E-state index in [1.54, 1.807) is 6.20 Å². The zero-order valence-corrected chi connectivity index (χ0v) is 11.5. The molecule has 1 atom stereocenters. The van der Waals surface area contributed by atoms with Crippen LogP contribution in [0.1, 0.15) is 12.7 Å². The molecule has 1 N–H and O–H groups in total. The fraction of sp³-hybridized carbons (Fsp3) is 0.545. The number of nitrogens with zero attached hydrogens (tertiary/aromatic N) is 2. The van der Waals surface area contributed by atoms with Gasteiger partial charge in [0.15, 0.2) is 0 Å². The van der Waals surface area contributed by atoms with Crippen LogP contribution < -0.4 is 5.32 Å². The highest BCUT2D eigenvalue weighted by atomic mass is 32.2. The second-order valence-corrected chi connectivity index (χ2v) is 4.78. The maximum atomic E-state index is 11.4. The van der Waals surface area contributed by atoms with Gasteiger partial charge in [-0.15, -0.1) is 0 Å². The van der Waals surface area contributed by atoms with Crippen molar-refractivity contribution >= 4 is 23.6 Å². The van der Waals surface area contributed by atoms with E-state index in [1.807, 2.05) is 17.8 Å². The third-order valence-corrected chi connectivity index (χ3v) is 3.33. The van der Waals surface area contributed by atoms with Crippen LogP contribution in [-0.2, 0) is 27.1 Å². The van der Waals surface area contributed by atoms with Crippen molar-refractivity contribution in [2.45, 2.75) is 18.7 Å². The van der Waals surface area contributed by atoms with Gasteiger partial charge in [0, 0.05) is 32.1 Å². The van der Waals surface area contributed by atoms with E-state index in [1.165, 1.54) is 25.8 Å². The summed E-state index contributed by atoms with van der Waals surface area (Å²) in [7, 11) is 3.22. The van der Waals surface area contributed by atoms with Gasteiger partial charge in [0.2, 0.25) is 5.91 Å². The van der Waals surface area contributed by atoms with E-state index < -0.39 is 12.0 Å². The third kappa shape index (κ3) is 4.40. The standard InChI is InChI=1S/C11H17N3O3S/c1-8(15)13-9(11(16)17-3)6-18-7-10-12-4-5-14(10)2/h4-5,9H,6-7H2,1-3H3,(H,13,15)/t9-/m0/s1. The number of imidazole rings is 1. The molecule has 0 fully saturated rings. The number of aryl methyl sites for hydroxylation is 1. The summed E-state index contributed by atoms with van der Waals surface area (Å²) in [5.74, 6) is 1.38. The van der Waals surface area contributed by atoms with E-state index in [2.05, 4.69) is 15.0 Å². The van der Waals surface area contributed by atoms with Gasteiger partial charge in [-0.2, -0.15) is 11.8 Å². The normalized spacial score (nSPS) is 11.9. The molecule has 0 aliphatic heterocycles. The number of rotatable bonds is 6. The highest BCUT2D eigenvalue weighted by Crippen LogP contribution is 2.11. The number of hydrogen-bond acceptors (Lipinski definition) is 5. The number of hydrogen-bond donors (Lipinski definition) is 1. The average molecular weight is 271 g/mol. The number of amides is 1. The van der Waals surface area contributed by atoms with E-state index >= 15 is 0 Å². The Kier molecular flexibility index (Phi) is 5.70. The lowest BCUT2D eigenvalue weighted by molar-refractivity contribution is -0.144. The Balaban J connectivity index is 2.44. The Bertz CT molecular complexity index is 419. The van der Waals surface area contributed by atoms with Gasteiger partial charge in [0.05, 0.1) is 12.9 Å². The molecule has 7 heteroatoms. The van der Waals surface area contributed by atoms with Crippen molar-refractivity contribution in [1.29, 1.82) is 0 Å². The molecular formula is C11H17N3O3S. The Labute approximate surface area is 110 Å². The Morgan fingerprint density at radius 3 is 2.83 bits per heavy atom. The van der Waals surface area contributed by atoms with Gasteiger partial charge in [-0.25, -0.2) is 9.78 Å². The fourth-order valence-corrected chi connectivity index (χ4v) is 2.39. The van der Waals surface area contributed by atoms with Crippen molar-refractivity contribution in [3.8, 4) is 0 Å². The highest BCUT2D eigenvalue weighted by Gasteiger charge is 2.20. The summed E-state index contributed by atoms with van der Waals surface area (Å²) < 4.78 is 6.55. The number of carbonyl (C=O) groups excluding carboxylic acids is 2. The molecule has 0 aromatic carbocycles. The lowest BCUT2D eigenvalue weighted by atomic mass is 10.3. The van der Waals surface area contributed by atoms with Crippen LogP contribution in [0.4, 0.5) is 0 Å². The van der Waals surface area contributed by atoms with E-state index in [-0.39, 0.29) is 5.91 Å².